The van der Waals surface area contributed by atoms with Gasteiger partial charge in [-0.2, -0.15) is 5.10 Å². The van der Waals surface area contributed by atoms with Crippen molar-refractivity contribution in [1.82, 2.24) is 14.8 Å². The molecule has 0 saturated heterocycles. The molecule has 1 aliphatic rings. The van der Waals surface area contributed by atoms with E-state index in [1.807, 2.05) is 10.7 Å². The fourth-order valence-corrected chi connectivity index (χ4v) is 3.00. The second-order valence-corrected chi connectivity index (χ2v) is 5.41. The maximum absolute atomic E-state index is 9.32. The molecule has 0 saturated carbocycles. The molecule has 90 valence electrons. The molecule has 0 fully saturated rings. The Morgan fingerprint density at radius 2 is 2.47 bits per heavy atom. The number of aryl methyl sites for hydroxylation is 1. The number of hydrogen-bond donors (Lipinski definition) is 1. The number of thiophene rings is 1. The molecule has 1 N–H and O–H groups in total. The summed E-state index contributed by atoms with van der Waals surface area (Å²) in [6.07, 6.45) is 3.89. The Balaban J connectivity index is 1.85. The van der Waals surface area contributed by atoms with E-state index in [1.165, 1.54) is 4.88 Å². The molecule has 0 amide bonds. The van der Waals surface area contributed by atoms with Crippen LogP contribution < -0.4 is 0 Å². The lowest BCUT2D eigenvalue weighted by atomic mass is 10.1. The number of aliphatic hydroxyl groups excluding tert-OH is 1. The van der Waals surface area contributed by atoms with Gasteiger partial charge in [-0.25, -0.2) is 9.67 Å². The highest BCUT2D eigenvalue weighted by Gasteiger charge is 2.22. The lowest BCUT2D eigenvalue weighted by Gasteiger charge is -2.20. The smallest absolute Gasteiger partial charge is 0.156 e. The zero-order valence-electron chi connectivity index (χ0n) is 9.54. The molecule has 5 heteroatoms. The van der Waals surface area contributed by atoms with E-state index in [9.17, 15) is 5.11 Å². The van der Waals surface area contributed by atoms with E-state index >= 15 is 0 Å². The number of rotatable bonds is 3. The first-order valence-corrected chi connectivity index (χ1v) is 6.82. The van der Waals surface area contributed by atoms with Crippen LogP contribution in [-0.2, 0) is 12.8 Å². The van der Waals surface area contributed by atoms with Crippen molar-refractivity contribution in [2.75, 3.05) is 6.61 Å². The van der Waals surface area contributed by atoms with Crippen molar-refractivity contribution in [3.05, 3.63) is 34.0 Å². The van der Waals surface area contributed by atoms with Gasteiger partial charge in [0.1, 0.15) is 5.82 Å². The lowest BCUT2D eigenvalue weighted by Crippen LogP contribution is -2.22. The van der Waals surface area contributed by atoms with Crippen molar-refractivity contribution in [1.29, 1.82) is 0 Å². The van der Waals surface area contributed by atoms with Gasteiger partial charge >= 0.3 is 0 Å². The Bertz CT molecular complexity index is 492. The van der Waals surface area contributed by atoms with Gasteiger partial charge in [-0.05, 0) is 24.3 Å². The zero-order chi connectivity index (χ0) is 11.7. The minimum Gasteiger partial charge on any atom is -0.394 e. The van der Waals surface area contributed by atoms with Crippen LogP contribution in [0.4, 0.5) is 0 Å². The summed E-state index contributed by atoms with van der Waals surface area (Å²) in [5, 5.41) is 15.9. The Hall–Kier alpha value is -1.20. The summed E-state index contributed by atoms with van der Waals surface area (Å²) in [7, 11) is 0. The van der Waals surface area contributed by atoms with Crippen molar-refractivity contribution in [3.8, 4) is 0 Å². The third-order valence-electron chi connectivity index (χ3n) is 3.15. The molecule has 1 unspecified atom stereocenters. The summed E-state index contributed by atoms with van der Waals surface area (Å²) in [6.45, 7) is 0.162. The van der Waals surface area contributed by atoms with Gasteiger partial charge in [0.2, 0.25) is 0 Å². The van der Waals surface area contributed by atoms with Crippen molar-refractivity contribution in [2.45, 2.75) is 31.7 Å². The number of aliphatic hydroxyl groups is 1. The third kappa shape index (κ3) is 2.12. The van der Waals surface area contributed by atoms with Crippen LogP contribution in [0.1, 0.15) is 35.4 Å². The summed E-state index contributed by atoms with van der Waals surface area (Å²) in [5.41, 5.74) is 0. The molecule has 4 nitrogen and oxygen atoms in total. The molecular formula is C12H15N3OS. The second kappa shape index (κ2) is 4.58. The Labute approximate surface area is 104 Å². The van der Waals surface area contributed by atoms with E-state index < -0.39 is 0 Å². The first-order valence-electron chi connectivity index (χ1n) is 5.94. The van der Waals surface area contributed by atoms with Gasteiger partial charge in [0.15, 0.2) is 5.82 Å². The molecule has 0 aromatic carbocycles. The monoisotopic (exact) mass is 249 g/mol. The Morgan fingerprint density at radius 3 is 3.24 bits per heavy atom. The van der Waals surface area contributed by atoms with Crippen LogP contribution in [0.25, 0.3) is 0 Å². The molecule has 0 radical (unpaired) electrons. The van der Waals surface area contributed by atoms with Crippen molar-refractivity contribution < 1.29 is 5.11 Å². The molecule has 2 aromatic rings. The Morgan fingerprint density at radius 1 is 1.53 bits per heavy atom. The van der Waals surface area contributed by atoms with E-state index in [0.717, 1.165) is 37.3 Å². The number of aromatic nitrogens is 3. The maximum atomic E-state index is 9.32. The molecule has 0 spiro atoms. The first-order chi connectivity index (χ1) is 8.36. The summed E-state index contributed by atoms with van der Waals surface area (Å²) >= 11 is 1.73. The van der Waals surface area contributed by atoms with Gasteiger partial charge in [-0.15, -0.1) is 11.3 Å². The topological polar surface area (TPSA) is 50.9 Å². The van der Waals surface area contributed by atoms with Crippen LogP contribution in [0.2, 0.25) is 0 Å². The van der Waals surface area contributed by atoms with E-state index in [-0.39, 0.29) is 12.6 Å². The quantitative estimate of drug-likeness (QED) is 0.902. The SMILES string of the molecule is OCC1CCCc2nc(Cc3cccs3)nn21. The minimum atomic E-state index is 0.128. The molecule has 0 aliphatic carbocycles. The summed E-state index contributed by atoms with van der Waals surface area (Å²) in [4.78, 5) is 5.86. The number of fused-ring (bicyclic) bond motifs is 1. The largest absolute Gasteiger partial charge is 0.394 e. The predicted octanol–water partition coefficient (Wildman–Crippen LogP) is 1.80. The molecule has 3 rings (SSSR count). The normalized spacial score (nSPS) is 19.2. The van der Waals surface area contributed by atoms with Crippen LogP contribution in [0.5, 0.6) is 0 Å². The van der Waals surface area contributed by atoms with Gasteiger partial charge in [0.05, 0.1) is 12.6 Å². The van der Waals surface area contributed by atoms with Gasteiger partial charge in [0, 0.05) is 17.7 Å². The van der Waals surface area contributed by atoms with Gasteiger partial charge in [0.25, 0.3) is 0 Å². The number of nitrogens with zero attached hydrogens (tertiary/aromatic N) is 3. The summed E-state index contributed by atoms with van der Waals surface area (Å²) in [5.74, 6) is 1.91. The van der Waals surface area contributed by atoms with Crippen LogP contribution in [-0.4, -0.2) is 26.5 Å². The van der Waals surface area contributed by atoms with Gasteiger partial charge < -0.3 is 5.11 Å². The molecule has 3 heterocycles. The predicted molar refractivity (Wildman–Crippen MR) is 66.2 cm³/mol. The standard InChI is InChI=1S/C12H15N3OS/c16-8-9-3-1-5-12-13-11(14-15(9)12)7-10-4-2-6-17-10/h2,4,6,9,16H,1,3,5,7-8H2. The molecule has 1 atom stereocenters. The molecular weight excluding hydrogens is 234 g/mol. The third-order valence-corrected chi connectivity index (χ3v) is 4.03. The van der Waals surface area contributed by atoms with Crippen molar-refractivity contribution in [2.24, 2.45) is 0 Å². The van der Waals surface area contributed by atoms with Gasteiger partial charge in [-0.3, -0.25) is 0 Å². The van der Waals surface area contributed by atoms with Crippen molar-refractivity contribution in [3.63, 3.8) is 0 Å². The highest BCUT2D eigenvalue weighted by Crippen LogP contribution is 2.23. The minimum absolute atomic E-state index is 0.128. The average molecular weight is 249 g/mol. The summed E-state index contributed by atoms with van der Waals surface area (Å²) in [6, 6.07) is 4.28. The Kier molecular flexibility index (Phi) is 2.94. The summed E-state index contributed by atoms with van der Waals surface area (Å²) < 4.78 is 1.92. The molecule has 2 aromatic heterocycles. The van der Waals surface area contributed by atoms with Crippen LogP contribution in [0.15, 0.2) is 17.5 Å². The van der Waals surface area contributed by atoms with E-state index in [1.54, 1.807) is 11.3 Å². The highest BCUT2D eigenvalue weighted by atomic mass is 32.1. The van der Waals surface area contributed by atoms with Crippen molar-refractivity contribution >= 4 is 11.3 Å². The molecule has 0 bridgehead atoms. The second-order valence-electron chi connectivity index (χ2n) is 4.37. The zero-order valence-corrected chi connectivity index (χ0v) is 10.4. The van der Waals surface area contributed by atoms with Gasteiger partial charge in [-0.1, -0.05) is 6.07 Å². The average Bonchev–Trinajstić information content (AvgIpc) is 2.97. The van der Waals surface area contributed by atoms with Crippen LogP contribution in [0.3, 0.4) is 0 Å². The van der Waals surface area contributed by atoms with Crippen LogP contribution in [0, 0.1) is 0 Å². The lowest BCUT2D eigenvalue weighted by molar-refractivity contribution is 0.195. The highest BCUT2D eigenvalue weighted by molar-refractivity contribution is 7.09. The molecule has 17 heavy (non-hydrogen) atoms. The maximum Gasteiger partial charge on any atom is 0.156 e. The van der Waals surface area contributed by atoms with Crippen LogP contribution >= 0.6 is 11.3 Å². The fourth-order valence-electron chi connectivity index (χ4n) is 2.30. The van der Waals surface area contributed by atoms with E-state index in [2.05, 4.69) is 21.5 Å². The van der Waals surface area contributed by atoms with E-state index in [4.69, 9.17) is 0 Å². The first kappa shape index (κ1) is 10.9. The van der Waals surface area contributed by atoms with E-state index in [0.29, 0.717) is 0 Å². The molecule has 1 aliphatic heterocycles. The number of hydrogen-bond acceptors (Lipinski definition) is 4. The fraction of sp³-hybridized carbons (Fsp3) is 0.500.